The lowest BCUT2D eigenvalue weighted by molar-refractivity contribution is 0.282. The molecular formula is C12H15N3O3S. The standard InChI is InChI=1S/C12H15N3O3S/c1-15-7-12(6-13-15)14-19(17,18)9-11-4-2-3-10(5-11)8-16/h2-7,14,16H,8-9H2,1H3. The van der Waals surface area contributed by atoms with E-state index in [0.29, 0.717) is 16.8 Å². The third-order valence-electron chi connectivity index (χ3n) is 2.51. The molecule has 0 aliphatic carbocycles. The van der Waals surface area contributed by atoms with Crippen molar-refractivity contribution in [3.05, 3.63) is 47.8 Å². The van der Waals surface area contributed by atoms with Gasteiger partial charge in [0.15, 0.2) is 0 Å². The molecule has 2 rings (SSSR count). The number of sulfonamides is 1. The lowest BCUT2D eigenvalue weighted by atomic mass is 10.1. The highest BCUT2D eigenvalue weighted by Crippen LogP contribution is 2.13. The first-order valence-electron chi connectivity index (χ1n) is 5.66. The number of aromatic nitrogens is 2. The monoisotopic (exact) mass is 281 g/mol. The van der Waals surface area contributed by atoms with E-state index in [1.54, 1.807) is 37.5 Å². The second-order valence-electron chi connectivity index (χ2n) is 4.24. The number of aliphatic hydroxyl groups is 1. The third kappa shape index (κ3) is 3.80. The number of rotatable bonds is 5. The van der Waals surface area contributed by atoms with Crippen LogP contribution in [0.1, 0.15) is 11.1 Å². The van der Waals surface area contributed by atoms with Crippen LogP contribution in [0.4, 0.5) is 5.69 Å². The van der Waals surface area contributed by atoms with Crippen LogP contribution < -0.4 is 4.72 Å². The molecule has 0 fully saturated rings. The van der Waals surface area contributed by atoms with Gasteiger partial charge < -0.3 is 5.11 Å². The molecule has 0 saturated heterocycles. The second-order valence-corrected chi connectivity index (χ2v) is 5.96. The summed E-state index contributed by atoms with van der Waals surface area (Å²) in [6.45, 7) is -0.107. The maximum atomic E-state index is 12.0. The SMILES string of the molecule is Cn1cc(NS(=O)(=O)Cc2cccc(CO)c2)cn1. The number of nitrogens with one attached hydrogen (secondary N) is 1. The van der Waals surface area contributed by atoms with E-state index >= 15 is 0 Å². The van der Waals surface area contributed by atoms with E-state index in [1.807, 2.05) is 0 Å². The molecule has 0 radical (unpaired) electrons. The van der Waals surface area contributed by atoms with Crippen molar-refractivity contribution in [1.29, 1.82) is 0 Å². The number of benzene rings is 1. The van der Waals surface area contributed by atoms with E-state index in [9.17, 15) is 8.42 Å². The summed E-state index contributed by atoms with van der Waals surface area (Å²) in [7, 11) is -1.77. The number of hydrogen-bond donors (Lipinski definition) is 2. The lowest BCUT2D eigenvalue weighted by Gasteiger charge is -2.06. The molecule has 0 bridgehead atoms. The molecule has 0 aliphatic heterocycles. The highest BCUT2D eigenvalue weighted by Gasteiger charge is 2.12. The summed E-state index contributed by atoms with van der Waals surface area (Å²) >= 11 is 0. The molecule has 7 heteroatoms. The lowest BCUT2D eigenvalue weighted by Crippen LogP contribution is -2.14. The minimum atomic E-state index is -3.48. The van der Waals surface area contributed by atoms with Gasteiger partial charge in [0, 0.05) is 13.2 Å². The van der Waals surface area contributed by atoms with Crippen molar-refractivity contribution in [3.63, 3.8) is 0 Å². The van der Waals surface area contributed by atoms with Crippen molar-refractivity contribution in [3.8, 4) is 0 Å². The molecular weight excluding hydrogens is 266 g/mol. The van der Waals surface area contributed by atoms with Gasteiger partial charge in [0.25, 0.3) is 0 Å². The molecule has 0 amide bonds. The van der Waals surface area contributed by atoms with Crippen molar-refractivity contribution >= 4 is 15.7 Å². The molecule has 1 aromatic carbocycles. The normalized spacial score (nSPS) is 11.5. The summed E-state index contributed by atoms with van der Waals surface area (Å²) in [4.78, 5) is 0. The van der Waals surface area contributed by atoms with Gasteiger partial charge in [-0.2, -0.15) is 5.10 Å². The fourth-order valence-electron chi connectivity index (χ4n) is 1.73. The zero-order chi connectivity index (χ0) is 13.9. The minimum Gasteiger partial charge on any atom is -0.392 e. The van der Waals surface area contributed by atoms with Gasteiger partial charge in [-0.25, -0.2) is 8.42 Å². The topological polar surface area (TPSA) is 84.2 Å². The summed E-state index contributed by atoms with van der Waals surface area (Å²) in [5, 5.41) is 12.9. The first kappa shape index (κ1) is 13.6. The fourth-order valence-corrected chi connectivity index (χ4v) is 2.88. The first-order valence-corrected chi connectivity index (χ1v) is 7.31. The van der Waals surface area contributed by atoms with Crippen LogP contribution in [0, 0.1) is 0 Å². The van der Waals surface area contributed by atoms with Gasteiger partial charge in [-0.15, -0.1) is 0 Å². The Kier molecular flexibility index (Phi) is 3.87. The predicted molar refractivity (Wildman–Crippen MR) is 71.8 cm³/mol. The maximum Gasteiger partial charge on any atom is 0.237 e. The zero-order valence-corrected chi connectivity index (χ0v) is 11.3. The summed E-state index contributed by atoms with van der Waals surface area (Å²) < 4.78 is 27.9. The Morgan fingerprint density at radius 3 is 2.74 bits per heavy atom. The average Bonchev–Trinajstić information content (AvgIpc) is 2.73. The minimum absolute atomic E-state index is 0.107. The van der Waals surface area contributed by atoms with E-state index in [-0.39, 0.29) is 12.4 Å². The largest absolute Gasteiger partial charge is 0.392 e. The Morgan fingerprint density at radius 2 is 2.11 bits per heavy atom. The smallest absolute Gasteiger partial charge is 0.237 e. The van der Waals surface area contributed by atoms with Gasteiger partial charge in [-0.1, -0.05) is 24.3 Å². The molecule has 2 N–H and O–H groups in total. The Morgan fingerprint density at radius 1 is 1.37 bits per heavy atom. The molecule has 1 aromatic heterocycles. The van der Waals surface area contributed by atoms with Gasteiger partial charge >= 0.3 is 0 Å². The van der Waals surface area contributed by atoms with Crippen LogP contribution in [-0.2, 0) is 29.4 Å². The van der Waals surface area contributed by atoms with Crippen LogP contribution in [0.3, 0.4) is 0 Å². The van der Waals surface area contributed by atoms with E-state index < -0.39 is 10.0 Å². The van der Waals surface area contributed by atoms with Gasteiger partial charge in [0.05, 0.1) is 24.2 Å². The Hall–Kier alpha value is -1.86. The van der Waals surface area contributed by atoms with E-state index in [2.05, 4.69) is 9.82 Å². The molecule has 102 valence electrons. The molecule has 6 nitrogen and oxygen atoms in total. The van der Waals surface area contributed by atoms with Crippen molar-refractivity contribution in [2.45, 2.75) is 12.4 Å². The van der Waals surface area contributed by atoms with Gasteiger partial charge in [-0.3, -0.25) is 9.40 Å². The van der Waals surface area contributed by atoms with Crippen LogP contribution in [0.15, 0.2) is 36.7 Å². The van der Waals surface area contributed by atoms with E-state index in [0.717, 1.165) is 0 Å². The molecule has 0 saturated carbocycles. The molecule has 0 aliphatic rings. The van der Waals surface area contributed by atoms with Gasteiger partial charge in [0.2, 0.25) is 10.0 Å². The van der Waals surface area contributed by atoms with Crippen molar-refractivity contribution in [2.75, 3.05) is 4.72 Å². The van der Waals surface area contributed by atoms with Crippen molar-refractivity contribution in [1.82, 2.24) is 9.78 Å². The Labute approximate surface area is 111 Å². The number of anilines is 1. The summed E-state index contributed by atoms with van der Waals surface area (Å²) in [5.41, 5.74) is 1.75. The second kappa shape index (κ2) is 5.41. The van der Waals surface area contributed by atoms with Gasteiger partial charge in [-0.05, 0) is 11.1 Å². The number of nitrogens with zero attached hydrogens (tertiary/aromatic N) is 2. The van der Waals surface area contributed by atoms with E-state index in [4.69, 9.17) is 5.11 Å². The summed E-state index contributed by atoms with van der Waals surface area (Å²) in [5.74, 6) is -0.143. The zero-order valence-electron chi connectivity index (χ0n) is 10.4. The highest BCUT2D eigenvalue weighted by atomic mass is 32.2. The molecule has 0 atom stereocenters. The predicted octanol–water partition coefficient (Wildman–Crippen LogP) is 0.854. The quantitative estimate of drug-likeness (QED) is 0.851. The number of aryl methyl sites for hydroxylation is 1. The summed E-state index contributed by atoms with van der Waals surface area (Å²) in [6.07, 6.45) is 3.03. The third-order valence-corrected chi connectivity index (χ3v) is 3.77. The molecule has 19 heavy (non-hydrogen) atoms. The van der Waals surface area contributed by atoms with Crippen LogP contribution >= 0.6 is 0 Å². The molecule has 0 spiro atoms. The fraction of sp³-hybridized carbons (Fsp3) is 0.250. The van der Waals surface area contributed by atoms with Crippen molar-refractivity contribution < 1.29 is 13.5 Å². The summed E-state index contributed by atoms with van der Waals surface area (Å²) in [6, 6.07) is 6.84. The number of aliphatic hydroxyl groups excluding tert-OH is 1. The van der Waals surface area contributed by atoms with Gasteiger partial charge in [0.1, 0.15) is 0 Å². The highest BCUT2D eigenvalue weighted by molar-refractivity contribution is 7.91. The Balaban J connectivity index is 2.12. The molecule has 1 heterocycles. The van der Waals surface area contributed by atoms with Crippen LogP contribution in [0.2, 0.25) is 0 Å². The first-order chi connectivity index (χ1) is 8.98. The molecule has 0 unspecified atom stereocenters. The average molecular weight is 281 g/mol. The van der Waals surface area contributed by atoms with Crippen LogP contribution in [-0.4, -0.2) is 23.3 Å². The molecule has 2 aromatic rings. The van der Waals surface area contributed by atoms with Crippen LogP contribution in [0.25, 0.3) is 0 Å². The Bertz CT molecular complexity index is 664. The van der Waals surface area contributed by atoms with Crippen molar-refractivity contribution in [2.24, 2.45) is 7.05 Å². The number of hydrogen-bond acceptors (Lipinski definition) is 4. The van der Waals surface area contributed by atoms with E-state index in [1.165, 1.54) is 10.9 Å². The van der Waals surface area contributed by atoms with Crippen LogP contribution in [0.5, 0.6) is 0 Å². The maximum absolute atomic E-state index is 12.0.